The zero-order valence-electron chi connectivity index (χ0n) is 74.3. The van der Waals surface area contributed by atoms with Crippen LogP contribution in [0.1, 0.15) is 0 Å². The number of benzene rings is 4. The van der Waals surface area contributed by atoms with Crippen LogP contribution in [0, 0.1) is 0 Å². The molecular formula is C88H84Br2I2N32O16. The van der Waals surface area contributed by atoms with Crippen LogP contribution in [-0.2, 0) is 27.2 Å². The molecule has 0 unspecified atom stereocenters. The van der Waals surface area contributed by atoms with Gasteiger partial charge >= 0.3 is 84.4 Å². The highest BCUT2D eigenvalue weighted by molar-refractivity contribution is 6.10. The van der Waals surface area contributed by atoms with Crippen molar-refractivity contribution in [3.8, 4) is 44.9 Å². The highest BCUT2D eigenvalue weighted by atomic mass is 127. The molecule has 4 aromatic heterocycles. The molecule has 0 bridgehead atoms. The summed E-state index contributed by atoms with van der Waals surface area (Å²) in [6, 6.07) is 32.8. The third kappa shape index (κ3) is 11.3. The Bertz CT molecular complexity index is 5670. The molecule has 0 aliphatic carbocycles. The van der Waals surface area contributed by atoms with E-state index in [1.54, 1.807) is 0 Å². The first-order valence-electron chi connectivity index (χ1n) is 45.3. The Hall–Kier alpha value is -14.2. The van der Waals surface area contributed by atoms with E-state index in [2.05, 4.69) is 180 Å². The first-order chi connectivity index (χ1) is 66.1. The summed E-state index contributed by atoms with van der Waals surface area (Å²) in [6.07, 6.45) is -0.423. The van der Waals surface area contributed by atoms with Gasteiger partial charge in [-0.3, -0.25) is 137 Å². The largest absolute Gasteiger partial charge is 1.00 e. The Morgan fingerprint density at radius 1 is 0.221 bits per heavy atom. The average Bonchev–Trinajstić information content (AvgIpc) is 1.51. The van der Waals surface area contributed by atoms with Gasteiger partial charge < -0.3 is 91.4 Å². The van der Waals surface area contributed by atoms with Crippen LogP contribution in [0.15, 0.2) is 171 Å². The van der Waals surface area contributed by atoms with Crippen molar-refractivity contribution < 1.29 is 177 Å². The first kappa shape index (κ1) is 87.3. The Morgan fingerprint density at radius 3 is 0.550 bits per heavy atom. The number of nitrogens with zero attached hydrogens (tertiary/aromatic N) is 32. The normalized spacial score (nSPS) is 28.4. The minimum Gasteiger partial charge on any atom is -1.00 e. The molecule has 0 radical (unpaired) electrons. The van der Waals surface area contributed by atoms with E-state index >= 15 is 67.1 Å². The molecule has 29 rings (SSSR count). The van der Waals surface area contributed by atoms with Crippen LogP contribution < -0.4 is 110 Å². The molecule has 28 amide bonds. The quantitative estimate of drug-likeness (QED) is 0.0857. The van der Waals surface area contributed by atoms with Crippen LogP contribution in [0.25, 0.3) is 54.9 Å². The number of urea groups is 14. The summed E-state index contributed by atoms with van der Waals surface area (Å²) in [4.78, 5) is 251. The number of ether oxygens (including phenoxy) is 2. The molecule has 52 heteroatoms. The van der Waals surface area contributed by atoms with Crippen LogP contribution in [-0.4, -0.2) is 415 Å². The van der Waals surface area contributed by atoms with Gasteiger partial charge in [-0.15, -0.1) is 0 Å². The number of carbonyl (C=O) groups is 14. The van der Waals surface area contributed by atoms with Crippen molar-refractivity contribution in [3.63, 3.8) is 0 Å². The maximum atomic E-state index is 15.3. The Balaban J connectivity index is 0.000000161. The molecule has 48 nitrogen and oxygen atoms in total. The number of halogens is 4. The van der Waals surface area contributed by atoms with Crippen LogP contribution in [0.3, 0.4) is 0 Å². The fourth-order valence-electron chi connectivity index (χ4n) is 25.4. The summed E-state index contributed by atoms with van der Waals surface area (Å²) in [7, 11) is 4.06. The summed E-state index contributed by atoms with van der Waals surface area (Å²) in [5, 5.41) is 4.58. The lowest BCUT2D eigenvalue weighted by molar-refractivity contribution is -0.697. The van der Waals surface area contributed by atoms with E-state index in [1.807, 2.05) is 23.2 Å². The number of pyridine rings is 4. The monoisotopic (exact) mass is 2260 g/mol. The number of carbonyl (C=O) groups excluding carboxylic acids is 14. The molecule has 0 saturated carbocycles. The Kier molecular flexibility index (Phi) is 19.1. The number of amides is 28. The summed E-state index contributed by atoms with van der Waals surface area (Å²) >= 11 is 0. The third-order valence-corrected chi connectivity index (χ3v) is 31.6. The first-order valence-corrected chi connectivity index (χ1v) is 45.3. The second-order valence-corrected chi connectivity index (χ2v) is 38.1. The van der Waals surface area contributed by atoms with Gasteiger partial charge in [0.2, 0.25) is 0 Å². The maximum Gasteiger partial charge on any atom is 0.326 e. The van der Waals surface area contributed by atoms with Gasteiger partial charge in [0.05, 0.1) is 0 Å². The SMILES string of the molecule is C[n+]1ccc(-c2cc[n+](CCOc3ccc4ccccc4c3-c3c(OCC[n+]4ccc(-c5cc[n+](C)cc5)cc4)ccc4ccccc34)cc2)cc1.O=C1N2CN3C(=O)N4CN5C(=O)N6CN7C(=O)N8CN9C(=O)N%10CN%11C(=O)N%12CN%13C(=O)N%14CN1C1C2N2CN%15C(=O)N(CN%16C(=O)N(CN%17C(=O)N(CN%18C(=O)N(CN%19C(=O)N(CN%20C(=O)N(CN1C2=O)C%14C%13%20)C%12C%11%19)C%10C9%18)C8C7%17)C6C5%16)C4C3%15.[Br-].[Br-].[I-].[I-]. The number of aryl methyl sites for hydroxylation is 2. The molecule has 21 fully saturated rings. The molecule has 21 saturated heterocycles. The van der Waals surface area contributed by atoms with Gasteiger partial charge in [-0.2, -0.15) is 0 Å². The zero-order valence-corrected chi connectivity index (χ0v) is 81.8. The fraction of sp³-hybridized carbons (Fsp3) is 0.386. The standard InChI is InChI=1S/C46H42N4O2.C42H42N28O14.2BrH.2HI/c1-47-23-15-35(16-24-47)37-19-27-49(28-20-37)31-33-51-43-13-11-39-7-3-5-9-41(39)45(43)46-42-10-6-4-8-40(42)12-14-44(46)52-34-32-50-29-21-38(22-30-50)36-17-25-48(2)26-18-36;71-29-43-1-44-16-18-48(30(44)72)4-52-20-22-56(34(52)76)8-60-24-26-64(38(60)80)12-68-28-27-67(41(68)83)11-63-25-23-59(37(63)79)7-55-21-19-51(33(55)75)3-47(29)17-15(43)45-2-46(16)32(74)50(18)6-54(20)36(78)58(22)10-62(24)40(82)66(26)14-70(28)42(84)69(27)13-65(25)39(81)61(23)9-57(21)35(77)53(19)5-49(17)31(45)73;;;;/h3-30H,31-34H2,1-2H3;15-28H,1-14H2;4*1H/q+4;;;;;/p-4. The maximum absolute atomic E-state index is 15.3. The van der Waals surface area contributed by atoms with Gasteiger partial charge in [-0.1, -0.05) is 60.7 Å². The zero-order chi connectivity index (χ0) is 91.5. The van der Waals surface area contributed by atoms with Crippen molar-refractivity contribution >= 4 is 106 Å². The van der Waals surface area contributed by atoms with E-state index in [9.17, 15) is 0 Å². The predicted molar refractivity (Wildman–Crippen MR) is 453 cm³/mol. The minimum absolute atomic E-state index is 0. The molecule has 140 heavy (non-hydrogen) atoms. The summed E-state index contributed by atoms with van der Waals surface area (Å²) in [5.74, 6) is 1.68. The molecule has 0 spiro atoms. The molecule has 21 aliphatic heterocycles. The molecule has 0 atom stereocenters. The smallest absolute Gasteiger partial charge is 0.326 e. The van der Waals surface area contributed by atoms with Crippen LogP contribution in [0.2, 0.25) is 0 Å². The number of hydrogen-bond donors (Lipinski definition) is 0. The second-order valence-electron chi connectivity index (χ2n) is 38.1. The lowest BCUT2D eigenvalue weighted by Gasteiger charge is -2.42. The van der Waals surface area contributed by atoms with Crippen molar-refractivity contribution in [3.05, 3.63) is 171 Å². The molecule has 25 heterocycles. The molecule has 0 N–H and O–H groups in total. The van der Waals surface area contributed by atoms with Crippen LogP contribution in [0.5, 0.6) is 11.5 Å². The molecular weight excluding hydrogens is 2170 g/mol. The highest BCUT2D eigenvalue weighted by Gasteiger charge is 2.77. The minimum atomic E-state index is -1.23. The molecule has 720 valence electrons. The molecule has 8 aromatic rings. The van der Waals surface area contributed by atoms with Gasteiger partial charge in [0, 0.05) is 59.7 Å². The summed E-state index contributed by atoms with van der Waals surface area (Å²) in [5.41, 5.74) is 6.88. The number of rotatable bonds is 11. The third-order valence-electron chi connectivity index (χ3n) is 31.6. The number of aromatic nitrogens is 4. The van der Waals surface area contributed by atoms with Gasteiger partial charge in [0.25, 0.3) is 0 Å². The van der Waals surface area contributed by atoms with Crippen molar-refractivity contribution in [1.82, 2.24) is 137 Å². The van der Waals surface area contributed by atoms with Crippen molar-refractivity contribution in [2.24, 2.45) is 14.1 Å². The lowest BCUT2D eigenvalue weighted by Crippen LogP contribution is -3.00. The van der Waals surface area contributed by atoms with Crippen LogP contribution in [0.4, 0.5) is 67.1 Å². The van der Waals surface area contributed by atoms with E-state index in [0.29, 0.717) is 26.3 Å². The van der Waals surface area contributed by atoms with E-state index in [1.165, 1.54) is 159 Å². The summed E-state index contributed by atoms with van der Waals surface area (Å²) in [6.45, 7) is -4.63. The van der Waals surface area contributed by atoms with E-state index in [-0.39, 0.29) is 81.9 Å². The molecule has 4 aromatic carbocycles. The van der Waals surface area contributed by atoms with Gasteiger partial charge in [-0.25, -0.2) is 85.4 Å². The van der Waals surface area contributed by atoms with Gasteiger partial charge in [0.15, 0.2) is 149 Å². The summed E-state index contributed by atoms with van der Waals surface area (Å²) < 4.78 is 21.8. The van der Waals surface area contributed by atoms with E-state index in [0.717, 1.165) is 44.2 Å². The van der Waals surface area contributed by atoms with E-state index in [4.69, 9.17) is 9.47 Å². The average molecular weight is 2260 g/mol. The van der Waals surface area contributed by atoms with Gasteiger partial charge in [0.1, 0.15) is 132 Å². The Morgan fingerprint density at radius 2 is 0.379 bits per heavy atom. The second kappa shape index (κ2) is 30.7. The number of fused-ring (bicyclic) bond motifs is 2. The topological polar surface area (TPSA) is 364 Å². The highest BCUT2D eigenvalue weighted by Crippen LogP contribution is 2.54. The molecule has 21 aliphatic rings. The van der Waals surface area contributed by atoms with Gasteiger partial charge in [-0.05, 0) is 55.9 Å². The van der Waals surface area contributed by atoms with Crippen molar-refractivity contribution in [1.29, 1.82) is 0 Å². The fourth-order valence-corrected chi connectivity index (χ4v) is 25.4. The van der Waals surface area contributed by atoms with Crippen LogP contribution >= 0.6 is 0 Å². The van der Waals surface area contributed by atoms with Crippen molar-refractivity contribution in [2.75, 3.05) is 107 Å². The van der Waals surface area contributed by atoms with Crippen molar-refractivity contribution in [2.45, 2.75) is 99.4 Å². The predicted octanol–water partition coefficient (Wildman–Crippen LogP) is -11.2. The number of hydrogen-bond acceptors (Lipinski definition) is 16. The van der Waals surface area contributed by atoms with E-state index < -0.39 is 264 Å². The lowest BCUT2D eigenvalue weighted by atomic mass is 9.92. The Labute approximate surface area is 849 Å².